The van der Waals surface area contributed by atoms with Crippen molar-refractivity contribution >= 4 is 23.2 Å². The van der Waals surface area contributed by atoms with Gasteiger partial charge in [0.2, 0.25) is 0 Å². The van der Waals surface area contributed by atoms with E-state index in [-0.39, 0.29) is 16.1 Å². The van der Waals surface area contributed by atoms with Gasteiger partial charge in [-0.1, -0.05) is 0 Å². The summed E-state index contributed by atoms with van der Waals surface area (Å²) in [6, 6.07) is 2.94. The van der Waals surface area contributed by atoms with Crippen LogP contribution in [0, 0.1) is 11.8 Å². The van der Waals surface area contributed by atoms with Crippen LogP contribution in [0.1, 0.15) is 5.56 Å². The van der Waals surface area contributed by atoms with Crippen LogP contribution >= 0.6 is 12.2 Å². The Kier molecular flexibility index (Phi) is 1.89. The maximum atomic E-state index is 11.4. The topological polar surface area (TPSA) is 66.2 Å². The van der Waals surface area contributed by atoms with E-state index in [9.17, 15) is 9.90 Å². The van der Waals surface area contributed by atoms with Gasteiger partial charge in [0.25, 0.3) is 10.4 Å². The molecule has 14 heavy (non-hydrogen) atoms. The van der Waals surface area contributed by atoms with Gasteiger partial charge < -0.3 is 9.52 Å². The molecule has 1 aromatic heterocycles. The summed E-state index contributed by atoms with van der Waals surface area (Å²) >= 11 is 4.73. The lowest BCUT2D eigenvalue weighted by atomic mass is 10.1. The van der Waals surface area contributed by atoms with E-state index in [1.165, 1.54) is 12.1 Å². The zero-order valence-electron chi connectivity index (χ0n) is 7.33. The van der Waals surface area contributed by atoms with E-state index in [2.05, 4.69) is 4.98 Å². The molecular weight excluding hydrogens is 202 g/mol. The SMILES string of the molecule is Cc1c(O)ccc2c(=O)[nH]c(=S)oc12. The summed E-state index contributed by atoms with van der Waals surface area (Å²) in [5.74, 6) is 0.0845. The predicted octanol–water partition coefficient (Wildman–Crippen LogP) is 1.86. The fourth-order valence-corrected chi connectivity index (χ4v) is 1.45. The molecule has 0 aliphatic rings. The number of fused-ring (bicyclic) bond motifs is 1. The van der Waals surface area contributed by atoms with Crippen molar-refractivity contribution in [2.45, 2.75) is 6.92 Å². The number of H-pyrrole nitrogens is 1. The molecular formula is C9H7NO3S. The smallest absolute Gasteiger partial charge is 0.269 e. The second-order valence-corrected chi connectivity index (χ2v) is 3.30. The van der Waals surface area contributed by atoms with E-state index < -0.39 is 0 Å². The third-order valence-electron chi connectivity index (χ3n) is 2.03. The number of aromatic nitrogens is 1. The molecule has 0 unspecified atom stereocenters. The van der Waals surface area contributed by atoms with Crippen LogP contribution in [0.2, 0.25) is 0 Å². The van der Waals surface area contributed by atoms with Gasteiger partial charge in [-0.15, -0.1) is 0 Å². The average molecular weight is 209 g/mol. The predicted molar refractivity (Wildman–Crippen MR) is 54.1 cm³/mol. The van der Waals surface area contributed by atoms with Gasteiger partial charge in [-0.3, -0.25) is 9.78 Å². The molecule has 2 rings (SSSR count). The fraction of sp³-hybridized carbons (Fsp3) is 0.111. The van der Waals surface area contributed by atoms with Crippen LogP contribution in [0.15, 0.2) is 21.3 Å². The lowest BCUT2D eigenvalue weighted by Crippen LogP contribution is -2.05. The van der Waals surface area contributed by atoms with Gasteiger partial charge in [0, 0.05) is 5.56 Å². The normalized spacial score (nSPS) is 10.6. The number of phenolic OH excluding ortho intramolecular Hbond substituents is 1. The van der Waals surface area contributed by atoms with Gasteiger partial charge in [0.15, 0.2) is 0 Å². The molecule has 2 aromatic rings. The van der Waals surface area contributed by atoms with Gasteiger partial charge in [-0.05, 0) is 31.3 Å². The summed E-state index contributed by atoms with van der Waals surface area (Å²) in [7, 11) is 0. The Hall–Kier alpha value is -1.62. The Morgan fingerprint density at radius 2 is 2.21 bits per heavy atom. The second-order valence-electron chi connectivity index (χ2n) is 2.93. The molecule has 0 saturated carbocycles. The molecule has 0 aliphatic heterocycles. The summed E-state index contributed by atoms with van der Waals surface area (Å²) in [6.07, 6.45) is 0. The lowest BCUT2D eigenvalue weighted by Gasteiger charge is -2.01. The van der Waals surface area contributed by atoms with Gasteiger partial charge in [-0.25, -0.2) is 0 Å². The molecule has 0 aliphatic carbocycles. The molecule has 4 nitrogen and oxygen atoms in total. The van der Waals surface area contributed by atoms with Crippen LogP contribution < -0.4 is 5.56 Å². The summed E-state index contributed by atoms with van der Waals surface area (Å²) in [5.41, 5.74) is 0.540. The minimum absolute atomic E-state index is 0.0104. The quantitative estimate of drug-likeness (QED) is 0.650. The largest absolute Gasteiger partial charge is 0.508 e. The van der Waals surface area contributed by atoms with E-state index >= 15 is 0 Å². The number of rotatable bonds is 0. The number of hydrogen-bond donors (Lipinski definition) is 2. The standard InChI is InChI=1S/C9H7NO3S/c1-4-6(11)3-2-5-7(4)13-9(14)10-8(5)12/h2-3,11H,1H3,(H,10,12,14). The number of benzene rings is 1. The molecule has 0 saturated heterocycles. The van der Waals surface area contributed by atoms with Gasteiger partial charge in [0.05, 0.1) is 5.39 Å². The number of nitrogens with one attached hydrogen (secondary N) is 1. The van der Waals surface area contributed by atoms with Gasteiger partial charge in [-0.2, -0.15) is 0 Å². The molecule has 72 valence electrons. The molecule has 0 radical (unpaired) electrons. The Labute approximate surface area is 83.8 Å². The van der Waals surface area contributed by atoms with Gasteiger partial charge >= 0.3 is 0 Å². The minimum atomic E-state index is -0.306. The van der Waals surface area contributed by atoms with E-state index in [0.717, 1.165) is 0 Å². The van der Waals surface area contributed by atoms with E-state index in [1.807, 2.05) is 0 Å². The van der Waals surface area contributed by atoms with Crippen LogP contribution in [0.3, 0.4) is 0 Å². The second kappa shape index (κ2) is 2.95. The minimum Gasteiger partial charge on any atom is -0.508 e. The highest BCUT2D eigenvalue weighted by Crippen LogP contribution is 2.23. The molecule has 2 N–H and O–H groups in total. The van der Waals surface area contributed by atoms with Crippen molar-refractivity contribution in [2.75, 3.05) is 0 Å². The van der Waals surface area contributed by atoms with E-state index in [1.54, 1.807) is 6.92 Å². The molecule has 0 amide bonds. The number of aromatic hydroxyl groups is 1. The molecule has 0 spiro atoms. The van der Waals surface area contributed by atoms with Crippen molar-refractivity contribution in [1.29, 1.82) is 0 Å². The van der Waals surface area contributed by atoms with E-state index in [0.29, 0.717) is 16.5 Å². The first-order valence-corrected chi connectivity index (χ1v) is 4.36. The van der Waals surface area contributed by atoms with Gasteiger partial charge in [0.1, 0.15) is 11.3 Å². The monoisotopic (exact) mass is 209 g/mol. The van der Waals surface area contributed by atoms with Crippen LogP contribution in [-0.2, 0) is 0 Å². The van der Waals surface area contributed by atoms with E-state index in [4.69, 9.17) is 16.6 Å². The first-order chi connectivity index (χ1) is 6.59. The average Bonchev–Trinajstić information content (AvgIpc) is 2.12. The highest BCUT2D eigenvalue weighted by Gasteiger charge is 2.07. The third-order valence-corrected chi connectivity index (χ3v) is 2.22. The van der Waals surface area contributed by atoms with Crippen LogP contribution in [-0.4, -0.2) is 10.1 Å². The lowest BCUT2D eigenvalue weighted by molar-refractivity contribution is 0.468. The molecule has 0 atom stereocenters. The van der Waals surface area contributed by atoms with Crippen LogP contribution in [0.4, 0.5) is 0 Å². The van der Waals surface area contributed by atoms with Crippen LogP contribution in [0.25, 0.3) is 11.0 Å². The highest BCUT2D eigenvalue weighted by molar-refractivity contribution is 7.71. The number of hydrogen-bond acceptors (Lipinski definition) is 4. The Morgan fingerprint density at radius 3 is 2.93 bits per heavy atom. The van der Waals surface area contributed by atoms with Crippen molar-refractivity contribution < 1.29 is 9.52 Å². The Bertz CT molecular complexity index is 611. The first-order valence-electron chi connectivity index (χ1n) is 3.95. The summed E-state index contributed by atoms with van der Waals surface area (Å²) in [5, 5.41) is 9.78. The fourth-order valence-electron chi connectivity index (χ4n) is 1.27. The third kappa shape index (κ3) is 1.22. The summed E-state index contributed by atoms with van der Waals surface area (Å²) in [4.78, 5) is 13.8. The maximum absolute atomic E-state index is 11.4. The zero-order chi connectivity index (χ0) is 10.3. The molecule has 0 bridgehead atoms. The van der Waals surface area contributed by atoms with Crippen molar-refractivity contribution in [3.8, 4) is 5.75 Å². The molecule has 1 heterocycles. The van der Waals surface area contributed by atoms with Crippen molar-refractivity contribution in [3.63, 3.8) is 0 Å². The van der Waals surface area contributed by atoms with Crippen molar-refractivity contribution in [1.82, 2.24) is 4.98 Å². The number of phenols is 1. The Morgan fingerprint density at radius 1 is 1.50 bits per heavy atom. The maximum Gasteiger partial charge on any atom is 0.269 e. The highest BCUT2D eigenvalue weighted by atomic mass is 32.1. The molecule has 5 heteroatoms. The number of aryl methyl sites for hydroxylation is 1. The summed E-state index contributed by atoms with van der Waals surface area (Å²) in [6.45, 7) is 1.66. The first kappa shape index (κ1) is 8.96. The van der Waals surface area contributed by atoms with Crippen LogP contribution in [0.5, 0.6) is 5.75 Å². The Balaban J connectivity index is 3.10. The zero-order valence-corrected chi connectivity index (χ0v) is 8.14. The number of aromatic amines is 1. The molecule has 0 fully saturated rings. The van der Waals surface area contributed by atoms with Crippen molar-refractivity contribution in [3.05, 3.63) is 32.9 Å². The van der Waals surface area contributed by atoms with Crippen molar-refractivity contribution in [2.24, 2.45) is 0 Å². The molecule has 1 aromatic carbocycles. The summed E-state index contributed by atoms with van der Waals surface area (Å²) < 4.78 is 5.15.